The molecule has 0 fully saturated rings. The maximum Gasteiger partial charge on any atom is 0.233 e. The van der Waals surface area contributed by atoms with E-state index in [9.17, 15) is 9.59 Å². The van der Waals surface area contributed by atoms with Gasteiger partial charge in [0.2, 0.25) is 11.8 Å². The minimum atomic E-state index is -0.316. The van der Waals surface area contributed by atoms with Gasteiger partial charge < -0.3 is 10.6 Å². The van der Waals surface area contributed by atoms with Crippen LogP contribution in [0.15, 0.2) is 30.3 Å². The van der Waals surface area contributed by atoms with E-state index in [1.807, 2.05) is 65.0 Å². The van der Waals surface area contributed by atoms with Crippen molar-refractivity contribution in [2.75, 3.05) is 10.6 Å². The first-order chi connectivity index (χ1) is 11.3. The third kappa shape index (κ3) is 4.44. The van der Waals surface area contributed by atoms with Crippen LogP contribution < -0.4 is 10.6 Å². The first-order valence-electron chi connectivity index (χ1n) is 8.01. The Hall–Kier alpha value is -2.62. The van der Waals surface area contributed by atoms with Crippen LogP contribution in [0.3, 0.4) is 0 Å². The molecule has 0 bridgehead atoms. The number of hydrogen-bond donors (Lipinski definition) is 2. The molecule has 0 atom stereocenters. The lowest BCUT2D eigenvalue weighted by Crippen LogP contribution is -2.22. The Kier molecular flexibility index (Phi) is 5.39. The molecule has 0 aliphatic rings. The van der Waals surface area contributed by atoms with Crippen molar-refractivity contribution in [1.29, 1.82) is 0 Å². The lowest BCUT2D eigenvalue weighted by Gasteiger charge is -2.13. The summed E-state index contributed by atoms with van der Waals surface area (Å²) in [4.78, 5) is 24.3. The third-order valence-electron chi connectivity index (χ3n) is 3.93. The highest BCUT2D eigenvalue weighted by atomic mass is 16.2. The highest BCUT2D eigenvalue weighted by molar-refractivity contribution is 6.08. The van der Waals surface area contributed by atoms with E-state index in [1.165, 1.54) is 0 Å². The second kappa shape index (κ2) is 7.30. The molecule has 0 aromatic heterocycles. The summed E-state index contributed by atoms with van der Waals surface area (Å²) in [6.07, 6.45) is -0.208. The fourth-order valence-corrected chi connectivity index (χ4v) is 2.77. The number of anilines is 2. The molecule has 0 unspecified atom stereocenters. The van der Waals surface area contributed by atoms with Crippen molar-refractivity contribution in [3.05, 3.63) is 58.1 Å². The van der Waals surface area contributed by atoms with Crippen LogP contribution in [-0.4, -0.2) is 11.8 Å². The number of benzene rings is 2. The number of carbonyl (C=O) groups excluding carboxylic acids is 2. The highest BCUT2D eigenvalue weighted by Gasteiger charge is 2.13. The molecule has 4 nitrogen and oxygen atoms in total. The molecule has 24 heavy (non-hydrogen) atoms. The molecule has 2 N–H and O–H groups in total. The number of carbonyl (C=O) groups is 2. The Balaban J connectivity index is 2.02. The van der Waals surface area contributed by atoms with Crippen molar-refractivity contribution in [3.8, 4) is 0 Å². The van der Waals surface area contributed by atoms with Crippen molar-refractivity contribution >= 4 is 23.2 Å². The van der Waals surface area contributed by atoms with Crippen molar-refractivity contribution < 1.29 is 9.59 Å². The van der Waals surface area contributed by atoms with E-state index >= 15 is 0 Å². The van der Waals surface area contributed by atoms with Gasteiger partial charge in [-0.05, 0) is 62.9 Å². The van der Waals surface area contributed by atoms with Crippen molar-refractivity contribution in [2.45, 2.75) is 41.0 Å². The van der Waals surface area contributed by atoms with Crippen molar-refractivity contribution in [1.82, 2.24) is 0 Å². The molecular formula is C20H24N2O2. The highest BCUT2D eigenvalue weighted by Crippen LogP contribution is 2.22. The van der Waals surface area contributed by atoms with Crippen LogP contribution in [0.25, 0.3) is 0 Å². The molecule has 0 aliphatic heterocycles. The van der Waals surface area contributed by atoms with Gasteiger partial charge in [0.05, 0.1) is 0 Å². The number of nitrogens with one attached hydrogen (secondary N) is 2. The maximum atomic E-state index is 12.2. The lowest BCUT2D eigenvalue weighted by atomic mass is 10.0. The zero-order valence-corrected chi connectivity index (χ0v) is 14.9. The van der Waals surface area contributed by atoms with E-state index in [4.69, 9.17) is 0 Å². The van der Waals surface area contributed by atoms with Crippen LogP contribution in [0.4, 0.5) is 11.4 Å². The lowest BCUT2D eigenvalue weighted by molar-refractivity contribution is -0.123. The Labute approximate surface area is 143 Å². The molecule has 0 saturated heterocycles. The molecule has 0 heterocycles. The maximum absolute atomic E-state index is 12.2. The van der Waals surface area contributed by atoms with E-state index in [2.05, 4.69) is 10.6 Å². The molecule has 4 heteroatoms. The van der Waals surface area contributed by atoms with Gasteiger partial charge in [-0.3, -0.25) is 9.59 Å². The van der Waals surface area contributed by atoms with Gasteiger partial charge in [0.25, 0.3) is 0 Å². The van der Waals surface area contributed by atoms with Crippen LogP contribution in [0.5, 0.6) is 0 Å². The van der Waals surface area contributed by atoms with E-state index in [0.717, 1.165) is 39.2 Å². The van der Waals surface area contributed by atoms with Gasteiger partial charge >= 0.3 is 0 Å². The quantitative estimate of drug-likeness (QED) is 0.828. The van der Waals surface area contributed by atoms with Gasteiger partial charge in [0.1, 0.15) is 6.42 Å². The predicted octanol–water partition coefficient (Wildman–Crippen LogP) is 4.20. The van der Waals surface area contributed by atoms with Crippen LogP contribution in [0.2, 0.25) is 0 Å². The molecule has 0 aliphatic carbocycles. The summed E-state index contributed by atoms with van der Waals surface area (Å²) in [6, 6.07) is 9.86. The van der Waals surface area contributed by atoms with E-state index in [1.54, 1.807) is 0 Å². The summed E-state index contributed by atoms with van der Waals surface area (Å²) in [5.74, 6) is -0.628. The van der Waals surface area contributed by atoms with Gasteiger partial charge in [0.15, 0.2) is 0 Å². The van der Waals surface area contributed by atoms with E-state index in [0.29, 0.717) is 0 Å². The second-order valence-electron chi connectivity index (χ2n) is 6.37. The normalized spacial score (nSPS) is 10.4. The minimum absolute atomic E-state index is 0.208. The largest absolute Gasteiger partial charge is 0.325 e. The molecule has 126 valence electrons. The van der Waals surface area contributed by atoms with E-state index in [-0.39, 0.29) is 18.2 Å². The Morgan fingerprint density at radius 1 is 0.750 bits per heavy atom. The smallest absolute Gasteiger partial charge is 0.233 e. The summed E-state index contributed by atoms with van der Waals surface area (Å²) in [7, 11) is 0. The van der Waals surface area contributed by atoms with Crippen molar-refractivity contribution in [2.24, 2.45) is 0 Å². The third-order valence-corrected chi connectivity index (χ3v) is 3.93. The standard InChI is InChI=1S/C20H24N2O2/c1-12-6-7-14(3)17(10-12)21-18(23)11-19(24)22-20-15(4)8-13(2)9-16(20)5/h6-10H,11H2,1-5H3,(H,21,23)(H,22,24). The molecular weight excluding hydrogens is 300 g/mol. The Morgan fingerprint density at radius 3 is 1.96 bits per heavy atom. The number of hydrogen-bond acceptors (Lipinski definition) is 2. The molecule has 0 radical (unpaired) electrons. The zero-order chi connectivity index (χ0) is 17.9. The van der Waals surface area contributed by atoms with E-state index < -0.39 is 0 Å². The monoisotopic (exact) mass is 324 g/mol. The minimum Gasteiger partial charge on any atom is -0.325 e. The Morgan fingerprint density at radius 2 is 1.33 bits per heavy atom. The van der Waals surface area contributed by atoms with Crippen molar-refractivity contribution in [3.63, 3.8) is 0 Å². The molecule has 2 amide bonds. The molecule has 2 aromatic rings. The summed E-state index contributed by atoms with van der Waals surface area (Å²) >= 11 is 0. The van der Waals surface area contributed by atoms with Crippen LogP contribution >= 0.6 is 0 Å². The average molecular weight is 324 g/mol. The first kappa shape index (κ1) is 17.7. The summed E-state index contributed by atoms with van der Waals surface area (Å²) in [6.45, 7) is 9.81. The number of rotatable bonds is 4. The summed E-state index contributed by atoms with van der Waals surface area (Å²) < 4.78 is 0. The molecule has 2 aromatic carbocycles. The fraction of sp³-hybridized carbons (Fsp3) is 0.300. The number of amides is 2. The SMILES string of the molecule is Cc1cc(C)c(NC(=O)CC(=O)Nc2cc(C)ccc2C)c(C)c1. The van der Waals surface area contributed by atoms with Crippen LogP contribution in [0, 0.1) is 34.6 Å². The van der Waals surface area contributed by atoms with Gasteiger partial charge in [0, 0.05) is 11.4 Å². The Bertz CT molecular complexity index is 771. The second-order valence-corrected chi connectivity index (χ2v) is 6.37. The topological polar surface area (TPSA) is 58.2 Å². The van der Waals surface area contributed by atoms with Crippen LogP contribution in [0.1, 0.15) is 34.2 Å². The predicted molar refractivity (Wildman–Crippen MR) is 98.4 cm³/mol. The zero-order valence-electron chi connectivity index (χ0n) is 14.9. The van der Waals surface area contributed by atoms with Gasteiger partial charge in [-0.15, -0.1) is 0 Å². The molecule has 2 rings (SSSR count). The molecule has 0 spiro atoms. The molecule has 0 saturated carbocycles. The van der Waals surface area contributed by atoms with Crippen LogP contribution in [-0.2, 0) is 9.59 Å². The summed E-state index contributed by atoms with van der Waals surface area (Å²) in [5, 5.41) is 5.65. The van der Waals surface area contributed by atoms with Gasteiger partial charge in [-0.25, -0.2) is 0 Å². The van der Waals surface area contributed by atoms with Gasteiger partial charge in [-0.2, -0.15) is 0 Å². The van der Waals surface area contributed by atoms with Gasteiger partial charge in [-0.1, -0.05) is 29.8 Å². The average Bonchev–Trinajstić information content (AvgIpc) is 2.46. The number of aryl methyl sites for hydroxylation is 5. The first-order valence-corrected chi connectivity index (χ1v) is 8.01. The fourth-order valence-electron chi connectivity index (χ4n) is 2.77. The summed E-state index contributed by atoms with van der Waals surface area (Å²) in [5.41, 5.74) is 6.70.